The maximum absolute atomic E-state index is 11.9. The molecule has 2 aromatic rings. The van der Waals surface area contributed by atoms with Crippen LogP contribution in [0.25, 0.3) is 0 Å². The molecular formula is C17H16ClN3O4. The zero-order chi connectivity index (χ0) is 18.1. The number of pyridine rings is 1. The van der Waals surface area contributed by atoms with E-state index in [9.17, 15) is 9.59 Å². The summed E-state index contributed by atoms with van der Waals surface area (Å²) in [6, 6.07) is 9.98. The summed E-state index contributed by atoms with van der Waals surface area (Å²) >= 11 is 5.83. The number of nitrogens with one attached hydrogen (secondary N) is 1. The average Bonchev–Trinajstić information content (AvgIpc) is 2.61. The largest absolute Gasteiger partial charge is 0.482 e. The lowest BCUT2D eigenvalue weighted by Crippen LogP contribution is -2.18. The number of rotatable bonds is 7. The molecule has 0 fully saturated rings. The molecule has 1 aromatic heterocycles. The lowest BCUT2D eigenvalue weighted by atomic mass is 10.2. The normalized spacial score (nSPS) is 10.5. The Morgan fingerprint density at radius 3 is 2.72 bits per heavy atom. The van der Waals surface area contributed by atoms with Gasteiger partial charge in [0.05, 0.1) is 18.4 Å². The first kappa shape index (κ1) is 18.4. The minimum absolute atomic E-state index is 0.110. The monoisotopic (exact) mass is 361 g/mol. The van der Waals surface area contributed by atoms with Crippen LogP contribution in [0.3, 0.4) is 0 Å². The van der Waals surface area contributed by atoms with Crippen LogP contribution >= 0.6 is 11.6 Å². The molecule has 1 heterocycles. The third-order valence-corrected chi connectivity index (χ3v) is 3.23. The van der Waals surface area contributed by atoms with Crippen LogP contribution in [0.5, 0.6) is 5.75 Å². The van der Waals surface area contributed by atoms with E-state index in [0.717, 1.165) is 5.56 Å². The Balaban J connectivity index is 1.86. The maximum Gasteiger partial charge on any atom is 0.344 e. The Labute approximate surface area is 149 Å². The average molecular weight is 362 g/mol. The van der Waals surface area contributed by atoms with Gasteiger partial charge in [0.25, 0.3) is 5.91 Å². The third-order valence-electron chi connectivity index (χ3n) is 2.93. The fourth-order valence-corrected chi connectivity index (χ4v) is 1.98. The van der Waals surface area contributed by atoms with Crippen LogP contribution in [0, 0.1) is 0 Å². The van der Waals surface area contributed by atoms with E-state index < -0.39 is 11.9 Å². The number of carbonyl (C=O) groups is 2. The van der Waals surface area contributed by atoms with Gasteiger partial charge in [-0.15, -0.1) is 0 Å². The smallest absolute Gasteiger partial charge is 0.344 e. The van der Waals surface area contributed by atoms with Gasteiger partial charge < -0.3 is 9.47 Å². The van der Waals surface area contributed by atoms with Crippen molar-refractivity contribution in [2.24, 2.45) is 5.10 Å². The highest BCUT2D eigenvalue weighted by Crippen LogP contribution is 2.12. The fraction of sp³-hybridized carbons (Fsp3) is 0.176. The standard InChI is InChI=1S/C17H16ClN3O4/c1-2-24-15(22)11-25-13-7-5-12(6-8-13)10-20-21-17(23)14-4-3-9-19-16(14)18/h3-10H,2,11H2,1H3,(H,21,23). The van der Waals surface area contributed by atoms with Crippen LogP contribution in [-0.4, -0.2) is 36.3 Å². The van der Waals surface area contributed by atoms with Gasteiger partial charge in [-0.1, -0.05) is 11.6 Å². The molecule has 0 saturated heterocycles. The number of hydrazone groups is 1. The molecule has 0 aliphatic carbocycles. The minimum Gasteiger partial charge on any atom is -0.482 e. The molecule has 1 aromatic carbocycles. The second kappa shape index (κ2) is 9.39. The summed E-state index contributed by atoms with van der Waals surface area (Å²) in [6.07, 6.45) is 2.96. The van der Waals surface area contributed by atoms with E-state index in [-0.39, 0.29) is 17.3 Å². The number of hydrogen-bond donors (Lipinski definition) is 1. The predicted molar refractivity (Wildman–Crippen MR) is 92.9 cm³/mol. The number of amides is 1. The van der Waals surface area contributed by atoms with Crippen LogP contribution in [0.15, 0.2) is 47.7 Å². The molecule has 0 aliphatic rings. The summed E-state index contributed by atoms with van der Waals surface area (Å²) in [4.78, 5) is 26.9. The number of hydrogen-bond acceptors (Lipinski definition) is 6. The van der Waals surface area contributed by atoms with Crippen molar-refractivity contribution in [1.29, 1.82) is 0 Å². The topological polar surface area (TPSA) is 89.9 Å². The number of benzene rings is 1. The van der Waals surface area contributed by atoms with Gasteiger partial charge in [-0.2, -0.15) is 5.10 Å². The summed E-state index contributed by atoms with van der Waals surface area (Å²) in [7, 11) is 0. The van der Waals surface area contributed by atoms with E-state index in [1.165, 1.54) is 12.4 Å². The highest BCUT2D eigenvalue weighted by Gasteiger charge is 2.09. The van der Waals surface area contributed by atoms with E-state index >= 15 is 0 Å². The maximum atomic E-state index is 11.9. The number of esters is 1. The summed E-state index contributed by atoms with van der Waals surface area (Å²) < 4.78 is 10.0. The van der Waals surface area contributed by atoms with E-state index in [2.05, 4.69) is 15.5 Å². The summed E-state index contributed by atoms with van der Waals surface area (Å²) in [5.41, 5.74) is 3.35. The lowest BCUT2D eigenvalue weighted by Gasteiger charge is -2.05. The fourth-order valence-electron chi connectivity index (χ4n) is 1.78. The van der Waals surface area contributed by atoms with Gasteiger partial charge in [0, 0.05) is 6.20 Å². The SMILES string of the molecule is CCOC(=O)COc1ccc(C=NNC(=O)c2cccnc2Cl)cc1. The van der Waals surface area contributed by atoms with E-state index in [4.69, 9.17) is 21.1 Å². The van der Waals surface area contributed by atoms with Gasteiger partial charge in [0.1, 0.15) is 10.9 Å². The molecule has 1 amide bonds. The van der Waals surface area contributed by atoms with Crippen LogP contribution in [0.1, 0.15) is 22.8 Å². The molecule has 0 unspecified atom stereocenters. The van der Waals surface area contributed by atoms with Gasteiger partial charge in [-0.05, 0) is 48.9 Å². The highest BCUT2D eigenvalue weighted by atomic mass is 35.5. The molecule has 0 radical (unpaired) electrons. The first-order valence-electron chi connectivity index (χ1n) is 7.42. The van der Waals surface area contributed by atoms with Crippen LogP contribution < -0.4 is 10.2 Å². The first-order chi connectivity index (χ1) is 12.1. The summed E-state index contributed by atoms with van der Waals surface area (Å²) in [6.45, 7) is 1.89. The molecule has 0 spiro atoms. The van der Waals surface area contributed by atoms with Gasteiger partial charge in [-0.3, -0.25) is 4.79 Å². The molecule has 0 atom stereocenters. The Morgan fingerprint density at radius 2 is 2.04 bits per heavy atom. The van der Waals surface area contributed by atoms with E-state index in [1.807, 2.05) is 0 Å². The summed E-state index contributed by atoms with van der Waals surface area (Å²) in [5, 5.41) is 3.97. The number of aromatic nitrogens is 1. The van der Waals surface area contributed by atoms with Crippen molar-refractivity contribution < 1.29 is 19.1 Å². The van der Waals surface area contributed by atoms with Gasteiger partial charge in [0.2, 0.25) is 0 Å². The van der Waals surface area contributed by atoms with Crippen molar-refractivity contribution in [3.8, 4) is 5.75 Å². The predicted octanol–water partition coefficient (Wildman–Crippen LogP) is 2.44. The molecule has 25 heavy (non-hydrogen) atoms. The van der Waals surface area contributed by atoms with Crippen molar-refractivity contribution in [3.05, 3.63) is 58.9 Å². The number of nitrogens with zero attached hydrogens (tertiary/aromatic N) is 2. The second-order valence-corrected chi connectivity index (χ2v) is 5.06. The third kappa shape index (κ3) is 5.89. The van der Waals surface area contributed by atoms with Crippen molar-refractivity contribution in [2.45, 2.75) is 6.92 Å². The number of ether oxygens (including phenoxy) is 2. The van der Waals surface area contributed by atoms with Crippen molar-refractivity contribution >= 4 is 29.7 Å². The van der Waals surface area contributed by atoms with Gasteiger partial charge in [0.15, 0.2) is 6.61 Å². The minimum atomic E-state index is -0.455. The lowest BCUT2D eigenvalue weighted by molar-refractivity contribution is -0.145. The molecule has 0 aliphatic heterocycles. The Bertz CT molecular complexity index is 763. The number of halogens is 1. The zero-order valence-electron chi connectivity index (χ0n) is 13.4. The summed E-state index contributed by atoms with van der Waals surface area (Å²) in [5.74, 6) is -0.356. The Kier molecular flexibility index (Phi) is 6.91. The van der Waals surface area contributed by atoms with Crippen molar-refractivity contribution in [2.75, 3.05) is 13.2 Å². The second-order valence-electron chi connectivity index (χ2n) is 4.70. The van der Waals surface area contributed by atoms with E-state index in [1.54, 1.807) is 43.3 Å². The zero-order valence-corrected chi connectivity index (χ0v) is 14.2. The molecule has 0 saturated carbocycles. The molecule has 8 heteroatoms. The first-order valence-corrected chi connectivity index (χ1v) is 7.80. The Hall–Kier alpha value is -2.93. The van der Waals surface area contributed by atoms with Crippen molar-refractivity contribution in [1.82, 2.24) is 10.4 Å². The van der Waals surface area contributed by atoms with Gasteiger partial charge >= 0.3 is 5.97 Å². The van der Waals surface area contributed by atoms with E-state index in [0.29, 0.717) is 12.4 Å². The quantitative estimate of drug-likeness (QED) is 0.354. The molecule has 0 bridgehead atoms. The highest BCUT2D eigenvalue weighted by molar-refractivity contribution is 6.32. The van der Waals surface area contributed by atoms with Crippen LogP contribution in [0.2, 0.25) is 5.15 Å². The van der Waals surface area contributed by atoms with Gasteiger partial charge in [-0.25, -0.2) is 15.2 Å². The Morgan fingerprint density at radius 1 is 1.28 bits per heavy atom. The molecule has 130 valence electrons. The molecule has 2 rings (SSSR count). The van der Waals surface area contributed by atoms with Crippen LogP contribution in [0.4, 0.5) is 0 Å². The molecular weight excluding hydrogens is 346 g/mol. The molecule has 1 N–H and O–H groups in total. The van der Waals surface area contributed by atoms with Crippen molar-refractivity contribution in [3.63, 3.8) is 0 Å². The molecule has 7 nitrogen and oxygen atoms in total. The van der Waals surface area contributed by atoms with Crippen LogP contribution in [-0.2, 0) is 9.53 Å². The number of carbonyl (C=O) groups excluding carboxylic acids is 2.